The highest BCUT2D eigenvalue weighted by molar-refractivity contribution is 6.12. The Morgan fingerprint density at radius 3 is 2.26 bits per heavy atom. The Morgan fingerprint density at radius 1 is 0.852 bits per heavy atom. The zero-order valence-corrected chi connectivity index (χ0v) is 15.6. The van der Waals surface area contributed by atoms with E-state index in [-0.39, 0.29) is 16.8 Å². The SMILES string of the molecule is CC(C)(C)c1ccc(C(=O)c2cc3c(ccc4ccccc43)oc2=O)cc1. The molecule has 3 aromatic carbocycles. The van der Waals surface area contributed by atoms with Gasteiger partial charge in [-0.25, -0.2) is 4.79 Å². The average molecular weight is 356 g/mol. The third-order valence-electron chi connectivity index (χ3n) is 4.90. The molecule has 0 radical (unpaired) electrons. The molecule has 0 atom stereocenters. The van der Waals surface area contributed by atoms with Crippen LogP contribution in [0.25, 0.3) is 21.7 Å². The first-order valence-electron chi connectivity index (χ1n) is 8.95. The lowest BCUT2D eigenvalue weighted by Gasteiger charge is -2.18. The Bertz CT molecular complexity index is 1220. The molecule has 3 nitrogen and oxygen atoms in total. The largest absolute Gasteiger partial charge is 0.422 e. The van der Waals surface area contributed by atoms with E-state index in [0.29, 0.717) is 11.1 Å². The highest BCUT2D eigenvalue weighted by Crippen LogP contribution is 2.26. The predicted octanol–water partition coefficient (Wildman–Crippen LogP) is 5.47. The highest BCUT2D eigenvalue weighted by Gasteiger charge is 2.18. The van der Waals surface area contributed by atoms with Gasteiger partial charge in [-0.2, -0.15) is 0 Å². The maximum Gasteiger partial charge on any atom is 0.347 e. The van der Waals surface area contributed by atoms with Crippen molar-refractivity contribution >= 4 is 27.5 Å². The summed E-state index contributed by atoms with van der Waals surface area (Å²) in [4.78, 5) is 25.4. The summed E-state index contributed by atoms with van der Waals surface area (Å²) in [5, 5.41) is 2.75. The van der Waals surface area contributed by atoms with Crippen molar-refractivity contribution < 1.29 is 9.21 Å². The number of carbonyl (C=O) groups excluding carboxylic acids is 1. The molecule has 0 unspecified atom stereocenters. The number of fused-ring (bicyclic) bond motifs is 3. The second-order valence-corrected chi connectivity index (χ2v) is 7.80. The van der Waals surface area contributed by atoms with Gasteiger partial charge in [0.1, 0.15) is 11.1 Å². The molecular weight excluding hydrogens is 336 g/mol. The predicted molar refractivity (Wildman–Crippen MR) is 109 cm³/mol. The summed E-state index contributed by atoms with van der Waals surface area (Å²) in [6, 6.07) is 20.6. The Labute approximate surface area is 157 Å². The van der Waals surface area contributed by atoms with Crippen LogP contribution in [0.15, 0.2) is 75.9 Å². The monoisotopic (exact) mass is 356 g/mol. The fourth-order valence-corrected chi connectivity index (χ4v) is 3.31. The van der Waals surface area contributed by atoms with Gasteiger partial charge in [-0.05, 0) is 33.9 Å². The van der Waals surface area contributed by atoms with Crippen LogP contribution in [-0.4, -0.2) is 5.78 Å². The minimum Gasteiger partial charge on any atom is -0.422 e. The lowest BCUT2D eigenvalue weighted by molar-refractivity contribution is 0.103. The lowest BCUT2D eigenvalue weighted by Crippen LogP contribution is -2.15. The molecule has 0 amide bonds. The summed E-state index contributed by atoms with van der Waals surface area (Å²) in [6.45, 7) is 6.35. The number of benzene rings is 3. The quantitative estimate of drug-likeness (QED) is 0.272. The molecule has 3 heteroatoms. The van der Waals surface area contributed by atoms with Crippen molar-refractivity contribution in [1.29, 1.82) is 0 Å². The van der Waals surface area contributed by atoms with E-state index in [1.54, 1.807) is 24.3 Å². The van der Waals surface area contributed by atoms with E-state index in [1.807, 2.05) is 42.5 Å². The van der Waals surface area contributed by atoms with E-state index in [9.17, 15) is 9.59 Å². The minimum atomic E-state index is -0.609. The highest BCUT2D eigenvalue weighted by atomic mass is 16.4. The normalized spacial score (nSPS) is 11.8. The lowest BCUT2D eigenvalue weighted by atomic mass is 9.86. The van der Waals surface area contributed by atoms with Crippen LogP contribution in [0, 0.1) is 0 Å². The van der Waals surface area contributed by atoms with Crippen molar-refractivity contribution in [1.82, 2.24) is 0 Å². The molecule has 134 valence electrons. The molecule has 0 spiro atoms. The number of hydrogen-bond acceptors (Lipinski definition) is 3. The van der Waals surface area contributed by atoms with Crippen molar-refractivity contribution in [2.24, 2.45) is 0 Å². The first-order chi connectivity index (χ1) is 12.8. The summed E-state index contributed by atoms with van der Waals surface area (Å²) in [5.74, 6) is -0.320. The summed E-state index contributed by atoms with van der Waals surface area (Å²) in [5.41, 5.74) is 1.55. The molecule has 0 aliphatic carbocycles. The van der Waals surface area contributed by atoms with E-state index in [0.717, 1.165) is 21.7 Å². The van der Waals surface area contributed by atoms with E-state index >= 15 is 0 Å². The maximum absolute atomic E-state index is 12.9. The number of rotatable bonds is 2. The molecule has 4 rings (SSSR count). The zero-order valence-electron chi connectivity index (χ0n) is 15.6. The Hall–Kier alpha value is -3.20. The Morgan fingerprint density at radius 2 is 1.56 bits per heavy atom. The maximum atomic E-state index is 12.9. The van der Waals surface area contributed by atoms with Crippen LogP contribution < -0.4 is 5.63 Å². The van der Waals surface area contributed by atoms with Gasteiger partial charge in [-0.3, -0.25) is 4.79 Å². The van der Waals surface area contributed by atoms with Gasteiger partial charge < -0.3 is 4.42 Å². The molecule has 0 saturated carbocycles. The molecule has 0 bridgehead atoms. The van der Waals surface area contributed by atoms with Crippen molar-refractivity contribution in [2.75, 3.05) is 0 Å². The topological polar surface area (TPSA) is 47.3 Å². The van der Waals surface area contributed by atoms with Gasteiger partial charge in [0, 0.05) is 10.9 Å². The molecule has 1 aromatic heterocycles. The summed E-state index contributed by atoms with van der Waals surface area (Å²) in [7, 11) is 0. The smallest absolute Gasteiger partial charge is 0.347 e. The first-order valence-corrected chi connectivity index (χ1v) is 8.95. The van der Waals surface area contributed by atoms with E-state index in [1.165, 1.54) is 0 Å². The zero-order chi connectivity index (χ0) is 19.2. The van der Waals surface area contributed by atoms with E-state index < -0.39 is 5.63 Å². The van der Waals surface area contributed by atoms with Crippen molar-refractivity contribution in [3.05, 3.63) is 93.8 Å². The van der Waals surface area contributed by atoms with Crippen LogP contribution in [0.5, 0.6) is 0 Å². The molecule has 27 heavy (non-hydrogen) atoms. The summed E-state index contributed by atoms with van der Waals surface area (Å²) in [6.07, 6.45) is 0. The molecule has 4 aromatic rings. The molecule has 1 heterocycles. The van der Waals surface area contributed by atoms with E-state index in [2.05, 4.69) is 20.8 Å². The van der Waals surface area contributed by atoms with Gasteiger partial charge in [0.25, 0.3) is 0 Å². The third kappa shape index (κ3) is 3.06. The fraction of sp³-hybridized carbons (Fsp3) is 0.167. The molecular formula is C24H20O3. The molecule has 0 aliphatic rings. The molecule has 0 N–H and O–H groups in total. The summed E-state index contributed by atoms with van der Waals surface area (Å²) >= 11 is 0. The number of ketones is 1. The van der Waals surface area contributed by atoms with E-state index in [4.69, 9.17) is 4.42 Å². The fourth-order valence-electron chi connectivity index (χ4n) is 3.31. The summed E-state index contributed by atoms with van der Waals surface area (Å²) < 4.78 is 5.45. The second kappa shape index (κ2) is 6.20. The molecule has 0 fully saturated rings. The van der Waals surface area contributed by atoms with Gasteiger partial charge in [-0.1, -0.05) is 75.4 Å². The van der Waals surface area contributed by atoms with Gasteiger partial charge in [-0.15, -0.1) is 0 Å². The van der Waals surface area contributed by atoms with Crippen molar-refractivity contribution in [2.45, 2.75) is 26.2 Å². The minimum absolute atomic E-state index is 0.00245. The average Bonchev–Trinajstić information content (AvgIpc) is 2.66. The second-order valence-electron chi connectivity index (χ2n) is 7.80. The van der Waals surface area contributed by atoms with Crippen LogP contribution in [0.1, 0.15) is 42.3 Å². The molecule has 0 saturated heterocycles. The Balaban J connectivity index is 1.85. The van der Waals surface area contributed by atoms with Gasteiger partial charge in [0.05, 0.1) is 0 Å². The van der Waals surface area contributed by atoms with Crippen LogP contribution >= 0.6 is 0 Å². The third-order valence-corrected chi connectivity index (χ3v) is 4.90. The molecule has 0 aliphatic heterocycles. The van der Waals surface area contributed by atoms with Crippen molar-refractivity contribution in [3.8, 4) is 0 Å². The van der Waals surface area contributed by atoms with Gasteiger partial charge in [0.2, 0.25) is 0 Å². The number of carbonyl (C=O) groups is 1. The van der Waals surface area contributed by atoms with Crippen LogP contribution in [0.4, 0.5) is 0 Å². The van der Waals surface area contributed by atoms with Gasteiger partial charge >= 0.3 is 5.63 Å². The standard InChI is InChI=1S/C24H20O3/c1-24(2,3)17-11-8-16(9-12-17)22(25)20-14-19-18-7-5-4-6-15(18)10-13-21(19)27-23(20)26/h4-14H,1-3H3. The van der Waals surface area contributed by atoms with Gasteiger partial charge in [0.15, 0.2) is 5.78 Å². The van der Waals surface area contributed by atoms with Crippen LogP contribution in [0.2, 0.25) is 0 Å². The van der Waals surface area contributed by atoms with Crippen molar-refractivity contribution in [3.63, 3.8) is 0 Å². The number of hydrogen-bond donors (Lipinski definition) is 0. The first kappa shape index (κ1) is 17.2. The Kier molecular flexibility index (Phi) is 3.96. The van der Waals surface area contributed by atoms with Crippen LogP contribution in [0.3, 0.4) is 0 Å². The van der Waals surface area contributed by atoms with Crippen LogP contribution in [-0.2, 0) is 5.41 Å².